The van der Waals surface area contributed by atoms with E-state index in [4.69, 9.17) is 26.1 Å². The maximum atomic E-state index is 6.60. The van der Waals surface area contributed by atoms with Crippen LogP contribution in [0.25, 0.3) is 11.0 Å². The monoisotopic (exact) mass is 370 g/mol. The molecule has 1 unspecified atom stereocenters. The molecule has 0 bridgehead atoms. The highest BCUT2D eigenvalue weighted by Crippen LogP contribution is 2.45. The van der Waals surface area contributed by atoms with Crippen molar-refractivity contribution in [3.05, 3.63) is 58.4 Å². The van der Waals surface area contributed by atoms with Crippen LogP contribution in [0.4, 0.5) is 0 Å². The van der Waals surface area contributed by atoms with Crippen molar-refractivity contribution in [1.82, 2.24) is 9.55 Å². The minimum Gasteiger partial charge on any atom is -0.455 e. The van der Waals surface area contributed by atoms with Gasteiger partial charge in [0.1, 0.15) is 11.3 Å². The van der Waals surface area contributed by atoms with Crippen LogP contribution in [0.15, 0.2) is 30.3 Å². The fourth-order valence-corrected chi connectivity index (χ4v) is 4.19. The van der Waals surface area contributed by atoms with Crippen LogP contribution < -0.4 is 4.74 Å². The third-order valence-electron chi connectivity index (χ3n) is 5.55. The number of aromatic nitrogens is 2. The van der Waals surface area contributed by atoms with Crippen LogP contribution in [0.5, 0.6) is 5.75 Å². The highest BCUT2D eigenvalue weighted by molar-refractivity contribution is 6.17. The quantitative estimate of drug-likeness (QED) is 0.624. The largest absolute Gasteiger partial charge is 0.455 e. The van der Waals surface area contributed by atoms with E-state index in [1.54, 1.807) is 7.11 Å². The number of halogens is 1. The smallest absolute Gasteiger partial charge is 0.237 e. The first-order valence-corrected chi connectivity index (χ1v) is 9.38. The zero-order chi connectivity index (χ0) is 18.5. The van der Waals surface area contributed by atoms with E-state index in [-0.39, 0.29) is 0 Å². The summed E-state index contributed by atoms with van der Waals surface area (Å²) >= 11 is 6.25. The molecule has 26 heavy (non-hydrogen) atoms. The van der Waals surface area contributed by atoms with Crippen LogP contribution in [0, 0.1) is 13.8 Å². The summed E-state index contributed by atoms with van der Waals surface area (Å²) in [6.45, 7) is 4.09. The van der Waals surface area contributed by atoms with Crippen LogP contribution in [-0.2, 0) is 29.9 Å². The van der Waals surface area contributed by atoms with Crippen molar-refractivity contribution in [1.29, 1.82) is 0 Å². The Hall–Kier alpha value is -2.04. The number of aryl methyl sites for hydroxylation is 3. The summed E-state index contributed by atoms with van der Waals surface area (Å²) < 4.78 is 14.7. The van der Waals surface area contributed by atoms with Crippen LogP contribution in [-0.4, -0.2) is 16.7 Å². The van der Waals surface area contributed by atoms with Gasteiger partial charge < -0.3 is 14.0 Å². The number of methoxy groups -OCH3 is 1. The first kappa shape index (κ1) is 17.4. The summed E-state index contributed by atoms with van der Waals surface area (Å²) in [6, 6.07) is 10.4. The Bertz CT molecular complexity index is 995. The Balaban J connectivity index is 1.95. The SMILES string of the molecule is COC1(c2ccccc2C)CCc2c(CCl)cc3c(nc(C)n3C)c2O1. The van der Waals surface area contributed by atoms with Gasteiger partial charge in [0.05, 0.1) is 5.52 Å². The van der Waals surface area contributed by atoms with Crippen molar-refractivity contribution in [2.24, 2.45) is 7.05 Å². The highest BCUT2D eigenvalue weighted by atomic mass is 35.5. The summed E-state index contributed by atoms with van der Waals surface area (Å²) in [5, 5.41) is 0. The molecule has 3 aromatic rings. The number of benzene rings is 2. The average molecular weight is 371 g/mol. The van der Waals surface area contributed by atoms with Crippen LogP contribution >= 0.6 is 11.6 Å². The van der Waals surface area contributed by atoms with Gasteiger partial charge >= 0.3 is 0 Å². The van der Waals surface area contributed by atoms with Crippen LogP contribution in [0.3, 0.4) is 0 Å². The topological polar surface area (TPSA) is 36.3 Å². The second-order valence-electron chi connectivity index (χ2n) is 6.94. The molecule has 4 rings (SSSR count). The number of alkyl halides is 1. The Labute approximate surface area is 158 Å². The van der Waals surface area contributed by atoms with E-state index < -0.39 is 5.79 Å². The summed E-state index contributed by atoms with van der Waals surface area (Å²) in [6.07, 6.45) is 1.58. The third-order valence-corrected chi connectivity index (χ3v) is 5.84. The molecule has 2 heterocycles. The van der Waals surface area contributed by atoms with Gasteiger partial charge in [-0.15, -0.1) is 11.6 Å². The molecule has 4 nitrogen and oxygen atoms in total. The number of fused-ring (bicyclic) bond motifs is 3. The minimum absolute atomic E-state index is 0.455. The predicted molar refractivity (Wildman–Crippen MR) is 104 cm³/mol. The Morgan fingerprint density at radius 1 is 1.31 bits per heavy atom. The number of nitrogens with zero attached hydrogens (tertiary/aromatic N) is 2. The van der Waals surface area contributed by atoms with Gasteiger partial charge in [0.15, 0.2) is 5.75 Å². The lowest BCUT2D eigenvalue weighted by molar-refractivity contribution is -0.183. The molecule has 0 saturated carbocycles. The van der Waals surface area contributed by atoms with Crippen LogP contribution in [0.2, 0.25) is 0 Å². The van der Waals surface area contributed by atoms with Gasteiger partial charge in [-0.1, -0.05) is 24.3 Å². The van der Waals surface area contributed by atoms with Crippen molar-refractivity contribution in [3.63, 3.8) is 0 Å². The highest BCUT2D eigenvalue weighted by Gasteiger charge is 2.41. The Kier molecular flexibility index (Phi) is 4.20. The number of rotatable bonds is 3. The molecule has 0 radical (unpaired) electrons. The molecule has 1 aliphatic rings. The van der Waals surface area contributed by atoms with Crippen molar-refractivity contribution in [3.8, 4) is 5.75 Å². The first-order valence-electron chi connectivity index (χ1n) is 8.84. The molecule has 0 saturated heterocycles. The minimum atomic E-state index is -0.804. The standard InChI is InChI=1S/C21H23ClN2O2/c1-13-7-5-6-8-17(13)21(25-4)10-9-16-15(12-22)11-18-19(20(16)26-21)23-14(2)24(18)3/h5-8,11H,9-10,12H2,1-4H3. The summed E-state index contributed by atoms with van der Waals surface area (Å²) in [5.41, 5.74) is 6.38. The zero-order valence-electron chi connectivity index (χ0n) is 15.6. The lowest BCUT2D eigenvalue weighted by Crippen LogP contribution is -2.39. The molecular formula is C21H23ClN2O2. The van der Waals surface area contributed by atoms with Gasteiger partial charge in [-0.05, 0) is 37.5 Å². The molecule has 136 valence electrons. The molecule has 0 amide bonds. The molecule has 1 aromatic heterocycles. The maximum Gasteiger partial charge on any atom is 0.237 e. The summed E-state index contributed by atoms with van der Waals surface area (Å²) in [7, 11) is 3.73. The van der Waals surface area contributed by atoms with Crippen molar-refractivity contribution >= 4 is 22.6 Å². The lowest BCUT2D eigenvalue weighted by Gasteiger charge is -2.39. The molecule has 0 aliphatic carbocycles. The van der Waals surface area contributed by atoms with Gasteiger partial charge in [-0.2, -0.15) is 0 Å². The fraction of sp³-hybridized carbons (Fsp3) is 0.381. The van der Waals surface area contributed by atoms with Crippen LogP contribution in [0.1, 0.15) is 34.5 Å². The molecule has 5 heteroatoms. The third kappa shape index (κ3) is 2.43. The molecular weight excluding hydrogens is 348 g/mol. The number of hydrogen-bond acceptors (Lipinski definition) is 3. The fourth-order valence-electron chi connectivity index (χ4n) is 3.95. The normalized spacial score (nSPS) is 19.4. The van der Waals surface area contributed by atoms with E-state index in [0.29, 0.717) is 5.88 Å². The summed E-state index contributed by atoms with van der Waals surface area (Å²) in [4.78, 5) is 4.76. The first-order chi connectivity index (χ1) is 12.5. The number of imidazole rings is 1. The maximum absolute atomic E-state index is 6.60. The van der Waals surface area contributed by atoms with E-state index in [1.807, 2.05) is 26.1 Å². The van der Waals surface area contributed by atoms with E-state index in [2.05, 4.69) is 29.7 Å². The average Bonchev–Trinajstić information content (AvgIpc) is 2.95. The van der Waals surface area contributed by atoms with Gasteiger partial charge in [-0.3, -0.25) is 0 Å². The second-order valence-corrected chi connectivity index (χ2v) is 7.20. The molecule has 0 N–H and O–H groups in total. The molecule has 2 aromatic carbocycles. The predicted octanol–water partition coefficient (Wildman–Crippen LogP) is 4.75. The van der Waals surface area contributed by atoms with Gasteiger partial charge in [0.25, 0.3) is 0 Å². The molecule has 0 fully saturated rings. The molecule has 1 aliphatic heterocycles. The summed E-state index contributed by atoms with van der Waals surface area (Å²) in [5.74, 6) is 1.40. The van der Waals surface area contributed by atoms with Crippen molar-refractivity contribution < 1.29 is 9.47 Å². The second kappa shape index (κ2) is 6.29. The Morgan fingerprint density at radius 3 is 2.77 bits per heavy atom. The van der Waals surface area contributed by atoms with Gasteiger partial charge in [-0.25, -0.2) is 4.98 Å². The van der Waals surface area contributed by atoms with E-state index in [0.717, 1.165) is 57.7 Å². The van der Waals surface area contributed by atoms with E-state index in [1.165, 1.54) is 0 Å². The number of hydrogen-bond donors (Lipinski definition) is 0. The van der Waals surface area contributed by atoms with E-state index in [9.17, 15) is 0 Å². The lowest BCUT2D eigenvalue weighted by atomic mass is 9.89. The number of ether oxygens (including phenoxy) is 2. The van der Waals surface area contributed by atoms with Gasteiger partial charge in [0, 0.05) is 37.6 Å². The molecule has 0 spiro atoms. The Morgan fingerprint density at radius 2 is 2.08 bits per heavy atom. The zero-order valence-corrected chi connectivity index (χ0v) is 16.4. The van der Waals surface area contributed by atoms with Crippen molar-refractivity contribution in [2.45, 2.75) is 38.4 Å². The van der Waals surface area contributed by atoms with E-state index >= 15 is 0 Å². The van der Waals surface area contributed by atoms with Gasteiger partial charge in [0.2, 0.25) is 5.79 Å². The molecule has 1 atom stereocenters. The van der Waals surface area contributed by atoms with Crippen molar-refractivity contribution in [2.75, 3.05) is 7.11 Å².